The number of anilines is 1. The molecule has 1 atom stereocenters. The highest BCUT2D eigenvalue weighted by atomic mass is 35.5. The lowest BCUT2D eigenvalue weighted by atomic mass is 9.99. The van der Waals surface area contributed by atoms with Crippen LogP contribution in [0.5, 0.6) is 0 Å². The van der Waals surface area contributed by atoms with Gasteiger partial charge in [-0.2, -0.15) is 0 Å². The average Bonchev–Trinajstić information content (AvgIpc) is 3.00. The zero-order valence-corrected chi connectivity index (χ0v) is 15.7. The van der Waals surface area contributed by atoms with Crippen molar-refractivity contribution in [1.29, 1.82) is 0 Å². The van der Waals surface area contributed by atoms with Gasteiger partial charge in [0.15, 0.2) is 5.13 Å². The smallest absolute Gasteiger partial charge is 0.230 e. The summed E-state index contributed by atoms with van der Waals surface area (Å²) >= 11 is 1.59. The van der Waals surface area contributed by atoms with Crippen LogP contribution in [0.4, 0.5) is 5.13 Å². The number of piperidine rings is 1. The van der Waals surface area contributed by atoms with E-state index in [1.165, 1.54) is 4.88 Å². The molecule has 0 radical (unpaired) electrons. The normalized spacial score (nSPS) is 17.4. The van der Waals surface area contributed by atoms with Crippen molar-refractivity contribution in [2.75, 3.05) is 18.4 Å². The fraction of sp³-hybridized carbons (Fsp3) is 0.444. The van der Waals surface area contributed by atoms with E-state index >= 15 is 0 Å². The van der Waals surface area contributed by atoms with Crippen LogP contribution >= 0.6 is 23.7 Å². The fourth-order valence-corrected chi connectivity index (χ4v) is 3.86. The molecule has 0 saturated carbocycles. The molecule has 0 spiro atoms. The maximum atomic E-state index is 12.4. The highest BCUT2D eigenvalue weighted by Gasteiger charge is 2.23. The SMILES string of the molecule is CC(C)c1sc(NC(=O)C2CCCNC2)nc1-c1ccccc1.Cl. The van der Waals surface area contributed by atoms with Crippen LogP contribution in [0.25, 0.3) is 11.3 Å². The largest absolute Gasteiger partial charge is 0.316 e. The number of benzene rings is 1. The number of carbonyl (C=O) groups is 1. The lowest BCUT2D eigenvalue weighted by Crippen LogP contribution is -2.37. The van der Waals surface area contributed by atoms with E-state index in [0.29, 0.717) is 11.0 Å². The molecule has 0 aliphatic carbocycles. The number of nitrogens with zero attached hydrogens (tertiary/aromatic N) is 1. The Morgan fingerprint density at radius 3 is 2.71 bits per heavy atom. The molecule has 1 saturated heterocycles. The van der Waals surface area contributed by atoms with Gasteiger partial charge < -0.3 is 10.6 Å². The van der Waals surface area contributed by atoms with Crippen LogP contribution in [-0.4, -0.2) is 24.0 Å². The zero-order chi connectivity index (χ0) is 16.2. The van der Waals surface area contributed by atoms with E-state index in [4.69, 9.17) is 4.98 Å². The molecule has 1 amide bonds. The molecule has 0 bridgehead atoms. The Morgan fingerprint density at radius 1 is 1.33 bits per heavy atom. The van der Waals surface area contributed by atoms with Crippen molar-refractivity contribution in [3.8, 4) is 11.3 Å². The third kappa shape index (κ3) is 4.35. The Balaban J connectivity index is 0.00000208. The predicted octanol–water partition coefficient (Wildman–Crippen LogP) is 4.29. The van der Waals surface area contributed by atoms with Crippen molar-refractivity contribution in [2.24, 2.45) is 5.92 Å². The van der Waals surface area contributed by atoms with Crippen molar-refractivity contribution in [2.45, 2.75) is 32.6 Å². The molecule has 1 unspecified atom stereocenters. The lowest BCUT2D eigenvalue weighted by Gasteiger charge is -2.21. The summed E-state index contributed by atoms with van der Waals surface area (Å²) in [7, 11) is 0. The minimum atomic E-state index is 0. The monoisotopic (exact) mass is 365 g/mol. The zero-order valence-electron chi connectivity index (χ0n) is 14.0. The van der Waals surface area contributed by atoms with Crippen LogP contribution in [0.2, 0.25) is 0 Å². The van der Waals surface area contributed by atoms with E-state index in [2.05, 4.69) is 36.6 Å². The van der Waals surface area contributed by atoms with Crippen molar-refractivity contribution in [3.63, 3.8) is 0 Å². The number of amides is 1. The van der Waals surface area contributed by atoms with Gasteiger partial charge in [0.25, 0.3) is 0 Å². The number of thiazole rings is 1. The van der Waals surface area contributed by atoms with E-state index in [1.54, 1.807) is 11.3 Å². The molecule has 6 heteroatoms. The summed E-state index contributed by atoms with van der Waals surface area (Å²) in [6.45, 7) is 6.10. The van der Waals surface area contributed by atoms with Crippen molar-refractivity contribution >= 4 is 34.8 Å². The standard InChI is InChI=1S/C18H23N3OS.ClH/c1-12(2)16-15(13-7-4-3-5-8-13)20-18(23-16)21-17(22)14-9-6-10-19-11-14;/h3-5,7-8,12,14,19H,6,9-11H2,1-2H3,(H,20,21,22);1H. The van der Waals surface area contributed by atoms with Crippen LogP contribution in [-0.2, 0) is 4.79 Å². The van der Waals surface area contributed by atoms with Gasteiger partial charge in [-0.1, -0.05) is 44.2 Å². The number of hydrogen-bond acceptors (Lipinski definition) is 4. The molecular formula is C18H24ClN3OS. The minimum Gasteiger partial charge on any atom is -0.316 e. The van der Waals surface area contributed by atoms with Crippen molar-refractivity contribution in [1.82, 2.24) is 10.3 Å². The van der Waals surface area contributed by atoms with Gasteiger partial charge in [-0.3, -0.25) is 4.79 Å². The molecule has 4 nitrogen and oxygen atoms in total. The van der Waals surface area contributed by atoms with E-state index in [9.17, 15) is 4.79 Å². The molecule has 24 heavy (non-hydrogen) atoms. The van der Waals surface area contributed by atoms with Crippen LogP contribution < -0.4 is 10.6 Å². The van der Waals surface area contributed by atoms with E-state index in [1.807, 2.05) is 18.2 Å². The summed E-state index contributed by atoms with van der Waals surface area (Å²) in [5, 5.41) is 7.02. The average molecular weight is 366 g/mol. The quantitative estimate of drug-likeness (QED) is 0.849. The molecule has 1 fully saturated rings. The molecule has 1 aromatic carbocycles. The molecule has 130 valence electrons. The first-order valence-electron chi connectivity index (χ1n) is 8.23. The Kier molecular flexibility index (Phi) is 6.78. The van der Waals surface area contributed by atoms with Crippen molar-refractivity contribution in [3.05, 3.63) is 35.2 Å². The Morgan fingerprint density at radius 2 is 2.08 bits per heavy atom. The topological polar surface area (TPSA) is 54.0 Å². The Bertz CT molecular complexity index is 666. The van der Waals surface area contributed by atoms with E-state index < -0.39 is 0 Å². The molecule has 1 aromatic heterocycles. The highest BCUT2D eigenvalue weighted by molar-refractivity contribution is 7.16. The predicted molar refractivity (Wildman–Crippen MR) is 103 cm³/mol. The lowest BCUT2D eigenvalue weighted by molar-refractivity contribution is -0.120. The van der Waals surface area contributed by atoms with Crippen LogP contribution in [0, 0.1) is 5.92 Å². The molecule has 2 aromatic rings. The Labute approximate surface area is 153 Å². The molecular weight excluding hydrogens is 342 g/mol. The summed E-state index contributed by atoms with van der Waals surface area (Å²) in [5.74, 6) is 0.515. The van der Waals surface area contributed by atoms with Gasteiger partial charge >= 0.3 is 0 Å². The molecule has 1 aliphatic heterocycles. The highest BCUT2D eigenvalue weighted by Crippen LogP contribution is 2.36. The van der Waals surface area contributed by atoms with Gasteiger partial charge in [-0.15, -0.1) is 23.7 Å². The summed E-state index contributed by atoms with van der Waals surface area (Å²) < 4.78 is 0. The maximum absolute atomic E-state index is 12.4. The third-order valence-electron chi connectivity index (χ3n) is 4.12. The van der Waals surface area contributed by atoms with Gasteiger partial charge in [0.2, 0.25) is 5.91 Å². The summed E-state index contributed by atoms with van der Waals surface area (Å²) in [4.78, 5) is 18.3. The summed E-state index contributed by atoms with van der Waals surface area (Å²) in [5.41, 5.74) is 2.09. The first-order valence-corrected chi connectivity index (χ1v) is 9.04. The third-order valence-corrected chi connectivity index (χ3v) is 5.39. The number of aromatic nitrogens is 1. The van der Waals surface area contributed by atoms with E-state index in [-0.39, 0.29) is 24.2 Å². The number of halogens is 1. The number of nitrogens with one attached hydrogen (secondary N) is 2. The van der Waals surface area contributed by atoms with Crippen molar-refractivity contribution < 1.29 is 4.79 Å². The van der Waals surface area contributed by atoms with Gasteiger partial charge in [-0.25, -0.2) is 4.98 Å². The van der Waals surface area contributed by atoms with Gasteiger partial charge in [0.05, 0.1) is 11.6 Å². The second kappa shape index (κ2) is 8.60. The molecule has 2 heterocycles. The van der Waals surface area contributed by atoms with Gasteiger partial charge in [-0.05, 0) is 25.3 Å². The molecule has 2 N–H and O–H groups in total. The number of carbonyl (C=O) groups excluding carboxylic acids is 1. The first kappa shape index (κ1) is 18.9. The summed E-state index contributed by atoms with van der Waals surface area (Å²) in [6.07, 6.45) is 2.01. The van der Waals surface area contributed by atoms with Crippen LogP contribution in [0.1, 0.15) is 37.5 Å². The number of hydrogen-bond donors (Lipinski definition) is 2. The van der Waals surface area contributed by atoms with Gasteiger partial charge in [0, 0.05) is 17.0 Å². The first-order chi connectivity index (χ1) is 11.1. The van der Waals surface area contributed by atoms with E-state index in [0.717, 1.165) is 37.2 Å². The van der Waals surface area contributed by atoms with Crippen LogP contribution in [0.3, 0.4) is 0 Å². The summed E-state index contributed by atoms with van der Waals surface area (Å²) in [6, 6.07) is 10.2. The molecule has 3 rings (SSSR count). The van der Waals surface area contributed by atoms with Crippen LogP contribution in [0.15, 0.2) is 30.3 Å². The second-order valence-corrected chi connectivity index (χ2v) is 7.32. The Hall–Kier alpha value is -1.43. The van der Waals surface area contributed by atoms with Gasteiger partial charge in [0.1, 0.15) is 0 Å². The fourth-order valence-electron chi connectivity index (χ4n) is 2.86. The molecule has 1 aliphatic rings. The second-order valence-electron chi connectivity index (χ2n) is 6.29. The minimum absolute atomic E-state index is 0. The maximum Gasteiger partial charge on any atom is 0.230 e. The number of rotatable bonds is 4.